The Labute approximate surface area is 147 Å². The van der Waals surface area contributed by atoms with Crippen LogP contribution in [-0.4, -0.2) is 59.2 Å². The van der Waals surface area contributed by atoms with Crippen LogP contribution in [0.1, 0.15) is 30.5 Å². The quantitative estimate of drug-likeness (QED) is 0.629. The summed E-state index contributed by atoms with van der Waals surface area (Å²) in [6.45, 7) is 2.15. The topological polar surface area (TPSA) is 116 Å². The molecule has 8 nitrogen and oxygen atoms in total. The Morgan fingerprint density at radius 2 is 2.00 bits per heavy atom. The van der Waals surface area contributed by atoms with E-state index in [0.29, 0.717) is 13.0 Å². The lowest BCUT2D eigenvalue weighted by molar-refractivity contribution is -0.192. The van der Waals surface area contributed by atoms with Crippen LogP contribution < -0.4 is 10.6 Å². The Bertz CT molecular complexity index is 627. The number of carboxylic acids is 1. The predicted octanol–water partition coefficient (Wildman–Crippen LogP) is 1.24. The number of H-pyrrole nitrogens is 1. The summed E-state index contributed by atoms with van der Waals surface area (Å²) in [6, 6.07) is 0.114. The van der Waals surface area contributed by atoms with E-state index in [1.54, 1.807) is 0 Å². The number of carbonyl (C=O) groups is 2. The van der Waals surface area contributed by atoms with Crippen LogP contribution in [0.15, 0.2) is 0 Å². The fourth-order valence-electron chi connectivity index (χ4n) is 2.74. The van der Waals surface area contributed by atoms with E-state index in [1.807, 2.05) is 0 Å². The lowest BCUT2D eigenvalue weighted by Crippen LogP contribution is -2.43. The molecule has 1 aromatic heterocycles. The molecule has 0 saturated carbocycles. The smallest absolute Gasteiger partial charge is 0.475 e. The maximum atomic E-state index is 12.0. The van der Waals surface area contributed by atoms with Gasteiger partial charge in [-0.1, -0.05) is 0 Å². The number of amides is 1. The number of hydrogen-bond acceptors (Lipinski definition) is 5. The van der Waals surface area contributed by atoms with Gasteiger partial charge >= 0.3 is 12.1 Å². The van der Waals surface area contributed by atoms with Gasteiger partial charge in [-0.05, 0) is 25.7 Å². The Balaban J connectivity index is 0.000000298. The first-order chi connectivity index (χ1) is 12.3. The Morgan fingerprint density at radius 1 is 1.31 bits per heavy atom. The fourth-order valence-corrected chi connectivity index (χ4v) is 2.74. The Morgan fingerprint density at radius 3 is 2.62 bits per heavy atom. The van der Waals surface area contributed by atoms with Crippen LogP contribution in [0, 0.1) is 0 Å². The van der Waals surface area contributed by atoms with Crippen LogP contribution in [0.3, 0.4) is 0 Å². The van der Waals surface area contributed by atoms with Crippen molar-refractivity contribution >= 4 is 17.7 Å². The number of ether oxygens (including phenoxy) is 1. The van der Waals surface area contributed by atoms with Gasteiger partial charge in [-0.3, -0.25) is 9.89 Å². The summed E-state index contributed by atoms with van der Waals surface area (Å²) in [5.41, 5.74) is 2.37. The van der Waals surface area contributed by atoms with Crippen molar-refractivity contribution in [1.82, 2.24) is 15.5 Å². The van der Waals surface area contributed by atoms with Gasteiger partial charge < -0.3 is 20.5 Å². The molecule has 26 heavy (non-hydrogen) atoms. The number of nitrogens with one attached hydrogen (secondary N) is 3. The number of carbonyl (C=O) groups excluding carboxylic acids is 1. The van der Waals surface area contributed by atoms with Gasteiger partial charge in [0.05, 0.1) is 13.2 Å². The van der Waals surface area contributed by atoms with Gasteiger partial charge in [-0.25, -0.2) is 4.79 Å². The zero-order chi connectivity index (χ0) is 19.2. The predicted molar refractivity (Wildman–Crippen MR) is 84.8 cm³/mol. The van der Waals surface area contributed by atoms with Crippen LogP contribution in [0.4, 0.5) is 19.0 Å². The molecule has 4 N–H and O–H groups in total. The molecule has 1 unspecified atom stereocenters. The van der Waals surface area contributed by atoms with E-state index in [4.69, 9.17) is 14.6 Å². The van der Waals surface area contributed by atoms with Crippen molar-refractivity contribution in [2.24, 2.45) is 0 Å². The average Bonchev–Trinajstić information content (AvgIpc) is 2.98. The highest BCUT2D eigenvalue weighted by atomic mass is 19.4. The molecule has 1 aliphatic heterocycles. The summed E-state index contributed by atoms with van der Waals surface area (Å²) < 4.78 is 37.1. The number of halogens is 3. The third kappa shape index (κ3) is 5.99. The zero-order valence-corrected chi connectivity index (χ0v) is 14.0. The van der Waals surface area contributed by atoms with Crippen molar-refractivity contribution in [2.75, 3.05) is 25.1 Å². The first kappa shape index (κ1) is 20.2. The molecular formula is C15H21F3N4O4. The Hall–Kier alpha value is -2.14. The molecular weight excluding hydrogens is 357 g/mol. The largest absolute Gasteiger partial charge is 0.490 e. The van der Waals surface area contributed by atoms with Gasteiger partial charge in [0, 0.05) is 30.3 Å². The summed E-state index contributed by atoms with van der Waals surface area (Å²) in [6.07, 6.45) is -0.233. The molecule has 0 bridgehead atoms. The minimum atomic E-state index is -5.08. The van der Waals surface area contributed by atoms with Crippen molar-refractivity contribution in [2.45, 2.75) is 44.3 Å². The van der Waals surface area contributed by atoms with E-state index in [9.17, 15) is 18.0 Å². The van der Waals surface area contributed by atoms with Crippen molar-refractivity contribution in [1.29, 1.82) is 0 Å². The Kier molecular flexibility index (Phi) is 6.98. The average molecular weight is 378 g/mol. The minimum Gasteiger partial charge on any atom is -0.475 e. The van der Waals surface area contributed by atoms with Crippen LogP contribution in [-0.2, 0) is 27.2 Å². The van der Waals surface area contributed by atoms with Crippen molar-refractivity contribution in [3.63, 3.8) is 0 Å². The molecule has 1 fully saturated rings. The molecule has 146 valence electrons. The van der Waals surface area contributed by atoms with Crippen LogP contribution in [0.5, 0.6) is 0 Å². The number of aromatic amines is 1. The number of anilines is 1. The summed E-state index contributed by atoms with van der Waals surface area (Å²) in [4.78, 5) is 20.9. The number of rotatable bonds is 3. The molecule has 0 spiro atoms. The second-order valence-electron chi connectivity index (χ2n) is 6.02. The summed E-state index contributed by atoms with van der Waals surface area (Å²) in [5, 5.41) is 20.6. The zero-order valence-electron chi connectivity index (χ0n) is 14.0. The van der Waals surface area contributed by atoms with Gasteiger partial charge in [0.1, 0.15) is 0 Å². The lowest BCUT2D eigenvalue weighted by atomic mass is 9.97. The second-order valence-corrected chi connectivity index (χ2v) is 6.02. The molecule has 2 heterocycles. The molecule has 1 saturated heterocycles. The highest BCUT2D eigenvalue weighted by Gasteiger charge is 2.38. The monoisotopic (exact) mass is 378 g/mol. The summed E-state index contributed by atoms with van der Waals surface area (Å²) in [5.74, 6) is -2.04. The maximum absolute atomic E-state index is 12.0. The molecule has 0 radical (unpaired) electrons. The van der Waals surface area contributed by atoms with E-state index in [-0.39, 0.29) is 11.9 Å². The highest BCUT2D eigenvalue weighted by Crippen LogP contribution is 2.25. The molecule has 0 aromatic carbocycles. The molecule has 1 aliphatic carbocycles. The number of morpholine rings is 1. The van der Waals surface area contributed by atoms with Gasteiger partial charge in [-0.2, -0.15) is 18.3 Å². The SMILES string of the molecule is O=C(CC1COCCN1)Nc1n[nH]c2c1CCCC2.O=C(O)C(F)(F)F. The number of fused-ring (bicyclic) bond motifs is 1. The molecule has 2 aliphatic rings. The molecule has 1 atom stereocenters. The number of carboxylic acid groups (broad SMARTS) is 1. The minimum absolute atomic E-state index is 0.00266. The van der Waals surface area contributed by atoms with E-state index < -0.39 is 12.1 Å². The number of alkyl halides is 3. The van der Waals surface area contributed by atoms with Gasteiger partial charge in [0.15, 0.2) is 5.82 Å². The first-order valence-corrected chi connectivity index (χ1v) is 8.24. The van der Waals surface area contributed by atoms with Crippen molar-refractivity contribution in [3.05, 3.63) is 11.3 Å². The van der Waals surface area contributed by atoms with Crippen LogP contribution in [0.2, 0.25) is 0 Å². The third-order valence-electron chi connectivity index (χ3n) is 3.99. The molecule has 11 heteroatoms. The van der Waals surface area contributed by atoms with Crippen molar-refractivity contribution in [3.8, 4) is 0 Å². The van der Waals surface area contributed by atoms with Crippen LogP contribution in [0.25, 0.3) is 0 Å². The molecule has 1 aromatic rings. The van der Waals surface area contributed by atoms with Crippen molar-refractivity contribution < 1.29 is 32.6 Å². The number of aromatic nitrogens is 2. The fraction of sp³-hybridized carbons (Fsp3) is 0.667. The third-order valence-corrected chi connectivity index (χ3v) is 3.99. The lowest BCUT2D eigenvalue weighted by Gasteiger charge is -2.23. The summed E-state index contributed by atoms with van der Waals surface area (Å²) >= 11 is 0. The van der Waals surface area contributed by atoms with Gasteiger partial charge in [0.2, 0.25) is 5.91 Å². The number of hydrogen-bond donors (Lipinski definition) is 4. The first-order valence-electron chi connectivity index (χ1n) is 8.24. The molecule has 1 amide bonds. The van der Waals surface area contributed by atoms with E-state index in [1.165, 1.54) is 24.1 Å². The van der Waals surface area contributed by atoms with Crippen LogP contribution >= 0.6 is 0 Å². The van der Waals surface area contributed by atoms with Gasteiger partial charge in [-0.15, -0.1) is 0 Å². The van der Waals surface area contributed by atoms with E-state index >= 15 is 0 Å². The highest BCUT2D eigenvalue weighted by molar-refractivity contribution is 5.91. The maximum Gasteiger partial charge on any atom is 0.490 e. The summed E-state index contributed by atoms with van der Waals surface area (Å²) in [7, 11) is 0. The normalized spacial score (nSPS) is 19.7. The van der Waals surface area contributed by atoms with Gasteiger partial charge in [0.25, 0.3) is 0 Å². The van der Waals surface area contributed by atoms with E-state index in [2.05, 4.69) is 20.8 Å². The molecule has 3 rings (SSSR count). The standard InChI is InChI=1S/C13H20N4O2.C2HF3O2/c18-12(7-9-8-19-6-5-14-9)15-13-10-3-1-2-4-11(10)16-17-13;3-2(4,5)1(6)7/h9,14H,1-8H2,(H2,15,16,17,18);(H,6,7). The second kappa shape index (κ2) is 8.99. The number of aliphatic carboxylic acids is 1. The van der Waals surface area contributed by atoms with E-state index in [0.717, 1.165) is 31.8 Å². The number of aryl methyl sites for hydroxylation is 1. The number of nitrogens with zero attached hydrogens (tertiary/aromatic N) is 1.